The second kappa shape index (κ2) is 6.20. The number of rotatable bonds is 3. The van der Waals surface area contributed by atoms with Crippen LogP contribution in [0, 0.1) is 0 Å². The topological polar surface area (TPSA) is 69.2 Å². The highest BCUT2D eigenvalue weighted by molar-refractivity contribution is 7.21. The molecule has 0 saturated heterocycles. The SMILES string of the molecule is O=C([O-])c1ccccc1NC(=O)c1sc2cc(Cl)ccc2c1Cl. The van der Waals surface area contributed by atoms with Crippen LogP contribution in [0.1, 0.15) is 20.0 Å². The summed E-state index contributed by atoms with van der Waals surface area (Å²) >= 11 is 13.4. The van der Waals surface area contributed by atoms with E-state index in [1.54, 1.807) is 30.3 Å². The number of nitrogens with one attached hydrogen (secondary N) is 1. The molecule has 0 fully saturated rings. The maximum Gasteiger partial charge on any atom is 0.267 e. The third-order valence-electron chi connectivity index (χ3n) is 3.19. The number of anilines is 1. The maximum absolute atomic E-state index is 12.4. The van der Waals surface area contributed by atoms with Crippen molar-refractivity contribution >= 4 is 62.2 Å². The summed E-state index contributed by atoms with van der Waals surface area (Å²) in [6.07, 6.45) is 0. The number of fused-ring (bicyclic) bond motifs is 1. The minimum atomic E-state index is -1.37. The molecule has 3 rings (SSSR count). The molecule has 116 valence electrons. The van der Waals surface area contributed by atoms with Gasteiger partial charge in [-0.25, -0.2) is 0 Å². The first kappa shape index (κ1) is 15.8. The van der Waals surface area contributed by atoms with Crippen LogP contribution < -0.4 is 10.4 Å². The first-order chi connectivity index (χ1) is 11.0. The molecule has 0 aliphatic rings. The Hall–Kier alpha value is -2.08. The van der Waals surface area contributed by atoms with Gasteiger partial charge in [0.2, 0.25) is 0 Å². The molecule has 0 atom stereocenters. The molecule has 3 aromatic rings. The van der Waals surface area contributed by atoms with Crippen LogP contribution in [0.4, 0.5) is 5.69 Å². The molecule has 1 N–H and O–H groups in total. The number of carbonyl (C=O) groups excluding carboxylic acids is 2. The molecule has 1 aromatic heterocycles. The number of thiophene rings is 1. The van der Waals surface area contributed by atoms with E-state index >= 15 is 0 Å². The van der Waals surface area contributed by atoms with E-state index in [0.717, 1.165) is 10.1 Å². The van der Waals surface area contributed by atoms with Gasteiger partial charge in [-0.15, -0.1) is 11.3 Å². The van der Waals surface area contributed by atoms with E-state index < -0.39 is 11.9 Å². The Morgan fingerprint density at radius 3 is 2.57 bits per heavy atom. The summed E-state index contributed by atoms with van der Waals surface area (Å²) in [6, 6.07) is 11.2. The summed E-state index contributed by atoms with van der Waals surface area (Å²) in [4.78, 5) is 23.8. The number of hydrogen-bond donors (Lipinski definition) is 1. The molecule has 1 amide bonds. The maximum atomic E-state index is 12.4. The molecule has 2 aromatic carbocycles. The van der Waals surface area contributed by atoms with Crippen molar-refractivity contribution in [2.45, 2.75) is 0 Å². The fourth-order valence-corrected chi connectivity index (χ4v) is 3.82. The molecule has 0 aliphatic heterocycles. The van der Waals surface area contributed by atoms with Crippen molar-refractivity contribution in [1.82, 2.24) is 0 Å². The first-order valence-corrected chi connectivity index (χ1v) is 8.04. The average molecular weight is 365 g/mol. The lowest BCUT2D eigenvalue weighted by Gasteiger charge is -2.10. The second-order valence-corrected chi connectivity index (χ2v) is 6.54. The van der Waals surface area contributed by atoms with E-state index in [2.05, 4.69) is 5.32 Å². The molecule has 0 bridgehead atoms. The molecule has 0 saturated carbocycles. The third kappa shape index (κ3) is 3.03. The third-order valence-corrected chi connectivity index (χ3v) is 5.08. The van der Waals surface area contributed by atoms with Crippen LogP contribution in [0.25, 0.3) is 10.1 Å². The standard InChI is InChI=1S/C16H9Cl2NO3S/c17-8-5-6-10-12(7-8)23-14(13(10)18)15(20)19-11-4-2-1-3-9(11)16(21)22/h1-7H,(H,19,20)(H,21,22)/p-1. The molecule has 0 radical (unpaired) electrons. The van der Waals surface area contributed by atoms with Crippen LogP contribution in [0.2, 0.25) is 10.0 Å². The summed E-state index contributed by atoms with van der Waals surface area (Å²) in [7, 11) is 0. The van der Waals surface area contributed by atoms with Crippen LogP contribution in [0.5, 0.6) is 0 Å². The van der Waals surface area contributed by atoms with E-state index in [9.17, 15) is 14.7 Å². The fourth-order valence-electron chi connectivity index (χ4n) is 2.13. The largest absolute Gasteiger partial charge is 0.545 e. The van der Waals surface area contributed by atoms with Crippen molar-refractivity contribution in [1.29, 1.82) is 0 Å². The van der Waals surface area contributed by atoms with Gasteiger partial charge in [-0.2, -0.15) is 0 Å². The lowest BCUT2D eigenvalue weighted by Crippen LogP contribution is -2.24. The molecule has 1 heterocycles. The number of carbonyl (C=O) groups is 2. The molecular weight excluding hydrogens is 357 g/mol. The van der Waals surface area contributed by atoms with Crippen LogP contribution >= 0.6 is 34.5 Å². The number of benzene rings is 2. The molecule has 4 nitrogen and oxygen atoms in total. The smallest absolute Gasteiger partial charge is 0.267 e. The summed E-state index contributed by atoms with van der Waals surface area (Å²) in [5.41, 5.74) is 0.0604. The van der Waals surface area contributed by atoms with Gasteiger partial charge >= 0.3 is 0 Å². The lowest BCUT2D eigenvalue weighted by atomic mass is 10.2. The van der Waals surface area contributed by atoms with Gasteiger partial charge in [-0.05, 0) is 18.2 Å². The Bertz CT molecular complexity index is 936. The zero-order valence-electron chi connectivity index (χ0n) is 11.4. The molecular formula is C16H8Cl2NO3S-. The number of carboxylic acids is 1. The van der Waals surface area contributed by atoms with Crippen LogP contribution in [0.15, 0.2) is 42.5 Å². The summed E-state index contributed by atoms with van der Waals surface area (Å²) in [5, 5.41) is 15.2. The van der Waals surface area contributed by atoms with E-state index in [0.29, 0.717) is 10.0 Å². The number of aromatic carboxylic acids is 1. The van der Waals surface area contributed by atoms with Crippen molar-refractivity contribution < 1.29 is 14.7 Å². The van der Waals surface area contributed by atoms with Crippen molar-refractivity contribution in [3.63, 3.8) is 0 Å². The van der Waals surface area contributed by atoms with Gasteiger partial charge in [0.25, 0.3) is 5.91 Å². The minimum Gasteiger partial charge on any atom is -0.545 e. The van der Waals surface area contributed by atoms with Crippen LogP contribution in [-0.2, 0) is 0 Å². The minimum absolute atomic E-state index is 0.0962. The summed E-state index contributed by atoms with van der Waals surface area (Å²) in [6.45, 7) is 0. The second-order valence-electron chi connectivity index (χ2n) is 4.67. The van der Waals surface area contributed by atoms with E-state index in [1.807, 2.05) is 0 Å². The first-order valence-electron chi connectivity index (χ1n) is 6.46. The molecule has 0 aliphatic carbocycles. The van der Waals surface area contributed by atoms with Gasteiger partial charge in [0.15, 0.2) is 0 Å². The summed E-state index contributed by atoms with van der Waals surface area (Å²) < 4.78 is 0.779. The van der Waals surface area contributed by atoms with Gasteiger partial charge < -0.3 is 15.2 Å². The monoisotopic (exact) mass is 364 g/mol. The Kier molecular flexibility index (Phi) is 4.26. The highest BCUT2D eigenvalue weighted by Crippen LogP contribution is 2.37. The molecule has 0 spiro atoms. The Balaban J connectivity index is 1.99. The van der Waals surface area contributed by atoms with Gasteiger partial charge in [0.05, 0.1) is 16.7 Å². The Morgan fingerprint density at radius 2 is 1.83 bits per heavy atom. The predicted octanol–water partition coefficient (Wildman–Crippen LogP) is 3.82. The zero-order chi connectivity index (χ0) is 16.6. The van der Waals surface area contributed by atoms with Gasteiger partial charge in [0.1, 0.15) is 4.88 Å². The van der Waals surface area contributed by atoms with Gasteiger partial charge in [-0.1, -0.05) is 47.5 Å². The van der Waals surface area contributed by atoms with Crippen LogP contribution in [0.3, 0.4) is 0 Å². The molecule has 0 unspecified atom stereocenters. The number of halogens is 2. The summed E-state index contributed by atoms with van der Waals surface area (Å²) in [5.74, 6) is -1.85. The number of carboxylic acid groups (broad SMARTS) is 1. The van der Waals surface area contributed by atoms with E-state index in [4.69, 9.17) is 23.2 Å². The van der Waals surface area contributed by atoms with Crippen molar-refractivity contribution in [3.05, 3.63) is 63.0 Å². The quantitative estimate of drug-likeness (QED) is 0.767. The Morgan fingerprint density at radius 1 is 1.09 bits per heavy atom. The van der Waals surface area contributed by atoms with Crippen LogP contribution in [-0.4, -0.2) is 11.9 Å². The van der Waals surface area contributed by atoms with E-state index in [-0.39, 0.29) is 16.1 Å². The fraction of sp³-hybridized carbons (Fsp3) is 0. The zero-order valence-corrected chi connectivity index (χ0v) is 13.8. The normalized spacial score (nSPS) is 10.7. The van der Waals surface area contributed by atoms with Gasteiger partial charge in [0, 0.05) is 20.7 Å². The number of amides is 1. The predicted molar refractivity (Wildman–Crippen MR) is 90.6 cm³/mol. The van der Waals surface area contributed by atoms with E-state index in [1.165, 1.54) is 23.5 Å². The average Bonchev–Trinajstić information content (AvgIpc) is 2.84. The molecule has 7 heteroatoms. The molecule has 23 heavy (non-hydrogen) atoms. The van der Waals surface area contributed by atoms with Crippen molar-refractivity contribution in [2.75, 3.05) is 5.32 Å². The highest BCUT2D eigenvalue weighted by atomic mass is 35.5. The lowest BCUT2D eigenvalue weighted by molar-refractivity contribution is -0.254. The van der Waals surface area contributed by atoms with Crippen molar-refractivity contribution in [2.24, 2.45) is 0 Å². The number of para-hydroxylation sites is 1. The Labute approximate surface area is 145 Å². The highest BCUT2D eigenvalue weighted by Gasteiger charge is 2.18. The van der Waals surface area contributed by atoms with Crippen molar-refractivity contribution in [3.8, 4) is 0 Å². The van der Waals surface area contributed by atoms with Gasteiger partial charge in [-0.3, -0.25) is 4.79 Å². The number of hydrogen-bond acceptors (Lipinski definition) is 4.